The van der Waals surface area contributed by atoms with E-state index in [0.29, 0.717) is 11.5 Å². The molecule has 1 heterocycles. The van der Waals surface area contributed by atoms with Gasteiger partial charge in [-0.05, 0) is 0 Å². The van der Waals surface area contributed by atoms with E-state index >= 15 is 0 Å². The summed E-state index contributed by atoms with van der Waals surface area (Å²) in [5.74, 6) is 1.20. The molecule has 18 heavy (non-hydrogen) atoms. The Bertz CT molecular complexity index is 487. The number of halogens is 2. The summed E-state index contributed by atoms with van der Waals surface area (Å²) in [6.45, 7) is 4.02. The Morgan fingerprint density at radius 3 is 2.00 bits per heavy atom. The van der Waals surface area contributed by atoms with Crippen molar-refractivity contribution in [3.05, 3.63) is 34.1 Å². The van der Waals surface area contributed by atoms with Crippen molar-refractivity contribution in [1.29, 1.82) is 0 Å². The first kappa shape index (κ1) is 14.7. The van der Waals surface area contributed by atoms with Gasteiger partial charge in [-0.25, -0.2) is 0 Å². The van der Waals surface area contributed by atoms with Crippen LogP contribution in [0.3, 0.4) is 0 Å². The van der Waals surface area contributed by atoms with Gasteiger partial charge in [-0.15, -0.1) is 0 Å². The first-order valence-electron chi connectivity index (χ1n) is 5.19. The van der Waals surface area contributed by atoms with Crippen molar-refractivity contribution in [2.24, 2.45) is 0 Å². The SMILES string of the molecule is CSC(SP1(Cl)(Cl)Oc2ccccc2O1)=C(C)C. The molecule has 0 aromatic heterocycles. The molecule has 0 N–H and O–H groups in total. The summed E-state index contributed by atoms with van der Waals surface area (Å²) in [5.41, 5.74) is 1.14. The standard InChI is InChI=1S/C11H13Cl2O2PS2/c1-8(2)11(17-3)18-16(12,13)14-9-6-4-5-7-10(9)15-16/h4-7H,1-3H3. The Kier molecular flexibility index (Phi) is 4.07. The van der Waals surface area contributed by atoms with E-state index in [2.05, 4.69) is 0 Å². The van der Waals surface area contributed by atoms with E-state index in [4.69, 9.17) is 31.5 Å². The van der Waals surface area contributed by atoms with Crippen LogP contribution >= 0.6 is 50.6 Å². The van der Waals surface area contributed by atoms with E-state index in [-0.39, 0.29) is 0 Å². The van der Waals surface area contributed by atoms with Crippen LogP contribution in [0.5, 0.6) is 11.5 Å². The maximum absolute atomic E-state index is 6.48. The number of hydrogen-bond acceptors (Lipinski definition) is 4. The fourth-order valence-corrected chi connectivity index (χ4v) is 10.4. The van der Waals surface area contributed by atoms with Crippen LogP contribution in [0.4, 0.5) is 0 Å². The van der Waals surface area contributed by atoms with Crippen molar-refractivity contribution in [2.45, 2.75) is 13.8 Å². The monoisotopic (exact) mass is 342 g/mol. The van der Waals surface area contributed by atoms with Gasteiger partial charge in [0.2, 0.25) is 0 Å². The maximum atomic E-state index is 6.48. The van der Waals surface area contributed by atoms with Crippen LogP contribution in [0.1, 0.15) is 13.8 Å². The molecule has 1 aromatic carbocycles. The molecule has 1 aliphatic heterocycles. The first-order chi connectivity index (χ1) is 8.32. The number of para-hydroxylation sites is 2. The zero-order chi connectivity index (χ0) is 13.4. The van der Waals surface area contributed by atoms with Gasteiger partial charge >= 0.3 is 125 Å². The van der Waals surface area contributed by atoms with E-state index in [0.717, 1.165) is 9.81 Å². The van der Waals surface area contributed by atoms with Crippen LogP contribution in [-0.2, 0) is 0 Å². The molecule has 0 amide bonds. The van der Waals surface area contributed by atoms with Crippen LogP contribution in [0, 0.1) is 0 Å². The molecular weight excluding hydrogens is 330 g/mol. The van der Waals surface area contributed by atoms with Crippen LogP contribution in [0.2, 0.25) is 0 Å². The predicted molar refractivity (Wildman–Crippen MR) is 85.8 cm³/mol. The van der Waals surface area contributed by atoms with Crippen LogP contribution in [0.15, 0.2) is 34.1 Å². The Morgan fingerprint density at radius 1 is 1.11 bits per heavy atom. The molecule has 2 rings (SSSR count). The molecule has 1 aliphatic rings. The minimum atomic E-state index is -3.73. The van der Waals surface area contributed by atoms with Gasteiger partial charge in [0.1, 0.15) is 0 Å². The summed E-state index contributed by atoms with van der Waals surface area (Å²) in [7, 11) is 0. The number of rotatable bonds is 3. The second-order valence-electron chi connectivity index (χ2n) is 3.91. The molecular formula is C11H13Cl2O2PS2. The van der Waals surface area contributed by atoms with Crippen molar-refractivity contribution in [2.75, 3.05) is 6.26 Å². The van der Waals surface area contributed by atoms with Gasteiger partial charge in [-0.1, -0.05) is 0 Å². The topological polar surface area (TPSA) is 18.5 Å². The summed E-state index contributed by atoms with van der Waals surface area (Å²) < 4.78 is 12.5. The van der Waals surface area contributed by atoms with Gasteiger partial charge in [-0.3, -0.25) is 0 Å². The average molecular weight is 343 g/mol. The van der Waals surface area contributed by atoms with Gasteiger partial charge in [-0.2, -0.15) is 0 Å². The quantitative estimate of drug-likeness (QED) is 0.590. The van der Waals surface area contributed by atoms with E-state index in [9.17, 15) is 0 Å². The third kappa shape index (κ3) is 3.05. The predicted octanol–water partition coefficient (Wildman–Crippen LogP) is 6.41. The molecule has 0 bridgehead atoms. The molecule has 100 valence electrons. The first-order valence-corrected chi connectivity index (χ1v) is 11.7. The summed E-state index contributed by atoms with van der Waals surface area (Å²) in [6, 6.07) is 7.32. The molecule has 7 heteroatoms. The van der Waals surface area contributed by atoms with Gasteiger partial charge in [0, 0.05) is 0 Å². The molecule has 0 radical (unpaired) electrons. The Hall–Kier alpha value is 0.270. The molecule has 0 aliphatic carbocycles. The van der Waals surface area contributed by atoms with E-state index in [1.165, 1.54) is 11.4 Å². The zero-order valence-corrected chi connectivity index (χ0v) is 14.2. The zero-order valence-electron chi connectivity index (χ0n) is 10.1. The third-order valence-electron chi connectivity index (χ3n) is 2.15. The molecule has 1 aromatic rings. The Labute approximate surface area is 125 Å². The van der Waals surface area contributed by atoms with Gasteiger partial charge < -0.3 is 0 Å². The second kappa shape index (κ2) is 4.99. The number of allylic oxidation sites excluding steroid dienone is 1. The average Bonchev–Trinajstić information content (AvgIpc) is 2.57. The third-order valence-corrected chi connectivity index (χ3v) is 9.81. The van der Waals surface area contributed by atoms with E-state index in [1.54, 1.807) is 23.9 Å². The van der Waals surface area contributed by atoms with Gasteiger partial charge in [0.05, 0.1) is 0 Å². The normalized spacial score (nSPS) is 20.8. The molecule has 0 saturated carbocycles. The molecule has 0 unspecified atom stereocenters. The second-order valence-corrected chi connectivity index (χ2v) is 15.3. The Balaban J connectivity index is 2.31. The van der Waals surface area contributed by atoms with Crippen LogP contribution in [-0.4, -0.2) is 6.26 Å². The van der Waals surface area contributed by atoms with Crippen molar-refractivity contribution >= 4 is 50.6 Å². The molecule has 0 saturated heterocycles. The number of fused-ring (bicyclic) bond motifs is 1. The van der Waals surface area contributed by atoms with Gasteiger partial charge in [0.25, 0.3) is 0 Å². The molecule has 0 fully saturated rings. The fourth-order valence-electron chi connectivity index (χ4n) is 1.43. The number of thioether (sulfide) groups is 1. The summed E-state index contributed by atoms with van der Waals surface area (Å²) in [5, 5.41) is 0. The van der Waals surface area contributed by atoms with Crippen LogP contribution < -0.4 is 9.05 Å². The minimum absolute atomic E-state index is 0.599. The van der Waals surface area contributed by atoms with Crippen LogP contribution in [0.25, 0.3) is 0 Å². The number of hydrogen-bond donors (Lipinski definition) is 0. The van der Waals surface area contributed by atoms with Crippen molar-refractivity contribution in [1.82, 2.24) is 0 Å². The van der Waals surface area contributed by atoms with Crippen molar-refractivity contribution in [3.63, 3.8) is 0 Å². The van der Waals surface area contributed by atoms with Crippen molar-refractivity contribution in [3.8, 4) is 11.5 Å². The fraction of sp³-hybridized carbons (Fsp3) is 0.273. The summed E-state index contributed by atoms with van der Waals surface area (Å²) in [4.78, 5) is -3.73. The van der Waals surface area contributed by atoms with Crippen molar-refractivity contribution < 1.29 is 9.05 Å². The molecule has 2 nitrogen and oxygen atoms in total. The van der Waals surface area contributed by atoms with E-state index < -0.39 is 4.96 Å². The van der Waals surface area contributed by atoms with Gasteiger partial charge in [0.15, 0.2) is 0 Å². The number of benzene rings is 1. The van der Waals surface area contributed by atoms with E-state index in [1.807, 2.05) is 32.2 Å². The molecule has 0 spiro atoms. The Morgan fingerprint density at radius 2 is 1.61 bits per heavy atom. The summed E-state index contributed by atoms with van der Waals surface area (Å²) in [6.07, 6.45) is 1.98. The summed E-state index contributed by atoms with van der Waals surface area (Å²) >= 11 is 15.8. The molecule has 0 atom stereocenters.